The summed E-state index contributed by atoms with van der Waals surface area (Å²) in [6, 6.07) is 4.16. The SMILES string of the molecule is C1CCSC1.Cc1cccs1. The molecule has 0 N–H and O–H groups in total. The molecule has 0 spiro atoms. The second kappa shape index (κ2) is 5.67. The van der Waals surface area contributed by atoms with Gasteiger partial charge in [-0.05, 0) is 42.7 Å². The van der Waals surface area contributed by atoms with E-state index in [2.05, 4.69) is 36.2 Å². The van der Waals surface area contributed by atoms with Gasteiger partial charge < -0.3 is 0 Å². The maximum absolute atomic E-state index is 2.10. The van der Waals surface area contributed by atoms with E-state index in [0.29, 0.717) is 0 Å². The van der Waals surface area contributed by atoms with Crippen molar-refractivity contribution in [3.63, 3.8) is 0 Å². The van der Waals surface area contributed by atoms with E-state index in [9.17, 15) is 0 Å². The molecule has 0 amide bonds. The van der Waals surface area contributed by atoms with Crippen LogP contribution in [0.25, 0.3) is 0 Å². The molecule has 0 bridgehead atoms. The predicted molar refractivity (Wildman–Crippen MR) is 55.6 cm³/mol. The monoisotopic (exact) mass is 186 g/mol. The normalized spacial score (nSPS) is 15.7. The summed E-state index contributed by atoms with van der Waals surface area (Å²) in [5.74, 6) is 2.83. The van der Waals surface area contributed by atoms with Crippen LogP contribution >= 0.6 is 23.1 Å². The van der Waals surface area contributed by atoms with Gasteiger partial charge in [0.15, 0.2) is 0 Å². The molecule has 0 atom stereocenters. The Hall–Kier alpha value is 0.0500. The van der Waals surface area contributed by atoms with E-state index in [1.165, 1.54) is 29.2 Å². The Balaban J connectivity index is 0.000000112. The minimum atomic E-state index is 1.38. The van der Waals surface area contributed by atoms with E-state index in [-0.39, 0.29) is 0 Å². The molecule has 2 heteroatoms. The van der Waals surface area contributed by atoms with E-state index in [0.717, 1.165) is 0 Å². The Morgan fingerprint density at radius 1 is 1.27 bits per heavy atom. The zero-order valence-corrected chi connectivity index (χ0v) is 8.51. The molecule has 1 fully saturated rings. The van der Waals surface area contributed by atoms with Crippen LogP contribution in [0.3, 0.4) is 0 Å². The van der Waals surface area contributed by atoms with Crippen LogP contribution in [0.5, 0.6) is 0 Å². The van der Waals surface area contributed by atoms with E-state index in [4.69, 9.17) is 0 Å². The Kier molecular flexibility index (Phi) is 4.71. The van der Waals surface area contributed by atoms with Gasteiger partial charge in [0.1, 0.15) is 0 Å². The molecule has 1 saturated heterocycles. The average molecular weight is 186 g/mol. The van der Waals surface area contributed by atoms with Crippen LogP contribution in [0.2, 0.25) is 0 Å². The van der Waals surface area contributed by atoms with Gasteiger partial charge in [-0.25, -0.2) is 0 Å². The van der Waals surface area contributed by atoms with Gasteiger partial charge in [0.2, 0.25) is 0 Å². The third-order valence-electron chi connectivity index (χ3n) is 1.49. The van der Waals surface area contributed by atoms with Gasteiger partial charge in [-0.15, -0.1) is 11.3 Å². The molecule has 1 aliphatic rings. The molecule has 0 aromatic carbocycles. The fourth-order valence-electron chi connectivity index (χ4n) is 0.871. The van der Waals surface area contributed by atoms with Crippen molar-refractivity contribution in [2.75, 3.05) is 11.5 Å². The summed E-state index contributed by atoms with van der Waals surface area (Å²) < 4.78 is 0. The number of rotatable bonds is 0. The summed E-state index contributed by atoms with van der Waals surface area (Å²) in [6.45, 7) is 2.10. The highest BCUT2D eigenvalue weighted by molar-refractivity contribution is 7.99. The second-order valence-corrected chi connectivity index (χ2v) is 4.92. The summed E-state index contributed by atoms with van der Waals surface area (Å²) in [4.78, 5) is 1.38. The largest absolute Gasteiger partial charge is 0.162 e. The summed E-state index contributed by atoms with van der Waals surface area (Å²) in [5.41, 5.74) is 0. The molecule has 1 aromatic heterocycles. The van der Waals surface area contributed by atoms with Crippen molar-refractivity contribution >= 4 is 23.1 Å². The van der Waals surface area contributed by atoms with Crippen molar-refractivity contribution in [2.45, 2.75) is 19.8 Å². The first kappa shape index (κ1) is 9.14. The van der Waals surface area contributed by atoms with Crippen LogP contribution < -0.4 is 0 Å². The molecule has 11 heavy (non-hydrogen) atoms. The molecule has 0 saturated carbocycles. The number of thioether (sulfide) groups is 1. The molecule has 1 aliphatic heterocycles. The standard InChI is InChI=1S/C5H6S.C4H8S/c1-5-3-2-4-6-5;1-2-4-5-3-1/h2-4H,1H3;1-4H2. The molecule has 0 nitrogen and oxygen atoms in total. The zero-order chi connectivity index (χ0) is 7.94. The van der Waals surface area contributed by atoms with Gasteiger partial charge in [0.25, 0.3) is 0 Å². The topological polar surface area (TPSA) is 0 Å². The first-order chi connectivity index (χ1) is 5.39. The number of hydrogen-bond donors (Lipinski definition) is 0. The van der Waals surface area contributed by atoms with Gasteiger partial charge in [0, 0.05) is 4.88 Å². The lowest BCUT2D eigenvalue weighted by Gasteiger charge is -1.69. The van der Waals surface area contributed by atoms with E-state index >= 15 is 0 Å². The molecule has 0 aliphatic carbocycles. The van der Waals surface area contributed by atoms with Crippen molar-refractivity contribution in [1.82, 2.24) is 0 Å². The summed E-state index contributed by atoms with van der Waals surface area (Å²) >= 11 is 3.85. The third-order valence-corrected chi connectivity index (χ3v) is 3.45. The number of thiophene rings is 1. The van der Waals surface area contributed by atoms with E-state index < -0.39 is 0 Å². The van der Waals surface area contributed by atoms with Crippen LogP contribution in [-0.4, -0.2) is 11.5 Å². The molecule has 62 valence electrons. The zero-order valence-electron chi connectivity index (χ0n) is 6.88. The molecular weight excluding hydrogens is 172 g/mol. The summed E-state index contributed by atoms with van der Waals surface area (Å²) in [7, 11) is 0. The highest BCUT2D eigenvalue weighted by Gasteiger charge is 1.95. The van der Waals surface area contributed by atoms with Gasteiger partial charge in [-0.1, -0.05) is 6.07 Å². The first-order valence-electron chi connectivity index (χ1n) is 3.97. The highest BCUT2D eigenvalue weighted by Crippen LogP contribution is 2.14. The Bertz CT molecular complexity index is 156. The maximum atomic E-state index is 2.10. The fraction of sp³-hybridized carbons (Fsp3) is 0.556. The van der Waals surface area contributed by atoms with Crippen LogP contribution in [0.4, 0.5) is 0 Å². The first-order valence-corrected chi connectivity index (χ1v) is 6.01. The Labute approximate surface area is 77.0 Å². The maximum Gasteiger partial charge on any atom is 0.00141 e. The third kappa shape index (κ3) is 4.49. The highest BCUT2D eigenvalue weighted by atomic mass is 32.2. The Morgan fingerprint density at radius 3 is 2.18 bits per heavy atom. The van der Waals surface area contributed by atoms with Crippen LogP contribution in [0, 0.1) is 6.92 Å². The number of hydrogen-bond acceptors (Lipinski definition) is 2. The van der Waals surface area contributed by atoms with Crippen LogP contribution in [-0.2, 0) is 0 Å². The van der Waals surface area contributed by atoms with Crippen LogP contribution in [0.1, 0.15) is 17.7 Å². The molecule has 0 unspecified atom stereocenters. The summed E-state index contributed by atoms with van der Waals surface area (Å²) in [5, 5.41) is 2.08. The fourth-order valence-corrected chi connectivity index (χ4v) is 2.42. The van der Waals surface area contributed by atoms with Crippen molar-refractivity contribution in [1.29, 1.82) is 0 Å². The van der Waals surface area contributed by atoms with Crippen molar-refractivity contribution in [2.24, 2.45) is 0 Å². The summed E-state index contributed by atoms with van der Waals surface area (Å²) in [6.07, 6.45) is 2.93. The molecule has 0 radical (unpaired) electrons. The van der Waals surface area contributed by atoms with Crippen molar-refractivity contribution in [3.05, 3.63) is 22.4 Å². The second-order valence-electron chi connectivity index (χ2n) is 2.54. The lowest BCUT2D eigenvalue weighted by molar-refractivity contribution is 0.949. The van der Waals surface area contributed by atoms with Gasteiger partial charge in [-0.3, -0.25) is 0 Å². The smallest absolute Gasteiger partial charge is 0.00141 e. The average Bonchev–Trinajstić information content (AvgIpc) is 2.57. The lowest BCUT2D eigenvalue weighted by Crippen LogP contribution is -1.58. The quantitative estimate of drug-likeness (QED) is 0.597. The van der Waals surface area contributed by atoms with E-state index in [1.807, 2.05) is 0 Å². The van der Waals surface area contributed by atoms with E-state index in [1.54, 1.807) is 11.3 Å². The lowest BCUT2D eigenvalue weighted by atomic mass is 10.4. The van der Waals surface area contributed by atoms with Gasteiger partial charge in [-0.2, -0.15) is 11.8 Å². The molecule has 2 rings (SSSR count). The minimum Gasteiger partial charge on any atom is -0.162 e. The minimum absolute atomic E-state index is 1.38. The van der Waals surface area contributed by atoms with Crippen molar-refractivity contribution < 1.29 is 0 Å². The molecular formula is C9H14S2. The predicted octanol–water partition coefficient (Wildman–Crippen LogP) is 3.57. The van der Waals surface area contributed by atoms with Crippen LogP contribution in [0.15, 0.2) is 17.5 Å². The van der Waals surface area contributed by atoms with Gasteiger partial charge >= 0.3 is 0 Å². The van der Waals surface area contributed by atoms with Gasteiger partial charge in [0.05, 0.1) is 0 Å². The molecule has 2 heterocycles. The van der Waals surface area contributed by atoms with Crippen molar-refractivity contribution in [3.8, 4) is 0 Å². The molecule has 1 aromatic rings. The Morgan fingerprint density at radius 2 is 2.00 bits per heavy atom. The number of aryl methyl sites for hydroxylation is 1.